The van der Waals surface area contributed by atoms with E-state index in [1.54, 1.807) is 0 Å². The van der Waals surface area contributed by atoms with Crippen LogP contribution in [0.25, 0.3) is 0 Å². The Morgan fingerprint density at radius 3 is 2.94 bits per heavy atom. The predicted molar refractivity (Wildman–Crippen MR) is 69.3 cm³/mol. The molecule has 1 aliphatic rings. The van der Waals surface area contributed by atoms with Crippen molar-refractivity contribution in [3.8, 4) is 6.07 Å². The van der Waals surface area contributed by atoms with Gasteiger partial charge in [0.05, 0.1) is 11.3 Å². The van der Waals surface area contributed by atoms with Crippen molar-refractivity contribution in [3.05, 3.63) is 28.2 Å². The van der Waals surface area contributed by atoms with Gasteiger partial charge in [-0.1, -0.05) is 18.9 Å². The second-order valence-corrected chi connectivity index (χ2v) is 5.35. The Labute approximate surface area is 105 Å². The van der Waals surface area contributed by atoms with Crippen LogP contribution < -0.4 is 5.32 Å². The van der Waals surface area contributed by atoms with E-state index in [4.69, 9.17) is 5.26 Å². The standard InChI is InChI=1S/C13H15BrN2/c1-9(7-10-5-6-10)16-13-4-2-3-12(14)11(13)8-15/h2-4,9-10,16H,5-7H2,1H3. The van der Waals surface area contributed by atoms with E-state index in [0.29, 0.717) is 11.6 Å². The third-order valence-electron chi connectivity index (χ3n) is 2.91. The maximum Gasteiger partial charge on any atom is 0.103 e. The van der Waals surface area contributed by atoms with Crippen molar-refractivity contribution in [1.29, 1.82) is 5.26 Å². The van der Waals surface area contributed by atoms with Gasteiger partial charge >= 0.3 is 0 Å². The highest BCUT2D eigenvalue weighted by atomic mass is 79.9. The van der Waals surface area contributed by atoms with Gasteiger partial charge in [-0.2, -0.15) is 5.26 Å². The summed E-state index contributed by atoms with van der Waals surface area (Å²) >= 11 is 3.40. The van der Waals surface area contributed by atoms with Crippen molar-refractivity contribution >= 4 is 21.6 Å². The number of hydrogen-bond acceptors (Lipinski definition) is 2. The van der Waals surface area contributed by atoms with Crippen LogP contribution in [0.5, 0.6) is 0 Å². The average molecular weight is 279 g/mol. The van der Waals surface area contributed by atoms with Gasteiger partial charge in [-0.15, -0.1) is 0 Å². The van der Waals surface area contributed by atoms with Crippen molar-refractivity contribution in [3.63, 3.8) is 0 Å². The first kappa shape index (κ1) is 11.5. The fourth-order valence-electron chi connectivity index (χ4n) is 1.94. The number of nitriles is 1. The Bertz CT molecular complexity index is 418. The first-order valence-corrected chi connectivity index (χ1v) is 6.45. The molecule has 0 heterocycles. The molecule has 1 aromatic rings. The molecule has 0 aromatic heterocycles. The maximum atomic E-state index is 9.09. The minimum atomic E-state index is 0.439. The van der Waals surface area contributed by atoms with E-state index in [1.165, 1.54) is 19.3 Å². The Morgan fingerprint density at radius 1 is 1.56 bits per heavy atom. The van der Waals surface area contributed by atoms with Gasteiger partial charge in [0.1, 0.15) is 6.07 Å². The summed E-state index contributed by atoms with van der Waals surface area (Å²) in [6.45, 7) is 2.18. The Balaban J connectivity index is 2.07. The van der Waals surface area contributed by atoms with Gasteiger partial charge in [0.2, 0.25) is 0 Å². The molecule has 1 aromatic carbocycles. The minimum Gasteiger partial charge on any atom is -0.381 e. The van der Waals surface area contributed by atoms with Crippen LogP contribution in [0.2, 0.25) is 0 Å². The third-order valence-corrected chi connectivity index (χ3v) is 3.57. The number of nitrogens with one attached hydrogen (secondary N) is 1. The number of halogens is 1. The zero-order chi connectivity index (χ0) is 11.5. The van der Waals surface area contributed by atoms with Crippen LogP contribution in [0, 0.1) is 17.2 Å². The summed E-state index contributed by atoms with van der Waals surface area (Å²) in [7, 11) is 0. The number of nitrogens with zero attached hydrogens (tertiary/aromatic N) is 1. The molecule has 2 nitrogen and oxygen atoms in total. The molecule has 1 unspecified atom stereocenters. The van der Waals surface area contributed by atoms with Crippen LogP contribution in [0.15, 0.2) is 22.7 Å². The average Bonchev–Trinajstić information content (AvgIpc) is 3.02. The molecule has 1 aliphatic carbocycles. The SMILES string of the molecule is CC(CC1CC1)Nc1cccc(Br)c1C#N. The van der Waals surface area contributed by atoms with E-state index < -0.39 is 0 Å². The molecule has 84 valence electrons. The molecule has 1 fully saturated rings. The lowest BCUT2D eigenvalue weighted by molar-refractivity contribution is 0.642. The monoisotopic (exact) mass is 278 g/mol. The van der Waals surface area contributed by atoms with Gasteiger partial charge in [-0.25, -0.2) is 0 Å². The van der Waals surface area contributed by atoms with Gasteiger partial charge in [0, 0.05) is 10.5 Å². The summed E-state index contributed by atoms with van der Waals surface area (Å²) in [5.41, 5.74) is 1.63. The van der Waals surface area contributed by atoms with Crippen LogP contribution in [0.1, 0.15) is 31.7 Å². The lowest BCUT2D eigenvalue weighted by Crippen LogP contribution is -2.16. The maximum absolute atomic E-state index is 9.09. The van der Waals surface area contributed by atoms with Crippen LogP contribution in [-0.4, -0.2) is 6.04 Å². The Kier molecular flexibility index (Phi) is 3.50. The second-order valence-electron chi connectivity index (χ2n) is 4.50. The molecule has 2 rings (SSSR count). The number of benzene rings is 1. The molecular formula is C13H15BrN2. The molecule has 0 saturated heterocycles. The molecule has 1 saturated carbocycles. The normalized spacial score (nSPS) is 16.6. The summed E-state index contributed by atoms with van der Waals surface area (Å²) in [6.07, 6.45) is 3.95. The summed E-state index contributed by atoms with van der Waals surface area (Å²) < 4.78 is 0.860. The number of hydrogen-bond donors (Lipinski definition) is 1. The van der Waals surface area contributed by atoms with Gasteiger partial charge in [0.25, 0.3) is 0 Å². The molecule has 0 bridgehead atoms. The van der Waals surface area contributed by atoms with Crippen LogP contribution in [0.3, 0.4) is 0 Å². The summed E-state index contributed by atoms with van der Waals surface area (Å²) in [5, 5.41) is 12.5. The van der Waals surface area contributed by atoms with E-state index in [1.807, 2.05) is 18.2 Å². The lowest BCUT2D eigenvalue weighted by atomic mass is 10.1. The molecule has 1 N–H and O–H groups in total. The predicted octanol–water partition coefficient (Wildman–Crippen LogP) is 3.92. The first-order valence-electron chi connectivity index (χ1n) is 5.66. The zero-order valence-corrected chi connectivity index (χ0v) is 10.9. The molecule has 16 heavy (non-hydrogen) atoms. The molecule has 0 radical (unpaired) electrons. The minimum absolute atomic E-state index is 0.439. The second kappa shape index (κ2) is 4.88. The molecule has 0 aliphatic heterocycles. The Hall–Kier alpha value is -1.01. The molecule has 3 heteroatoms. The van der Waals surface area contributed by atoms with Gasteiger partial charge < -0.3 is 5.32 Å². The van der Waals surface area contributed by atoms with Gasteiger partial charge in [-0.05, 0) is 47.3 Å². The van der Waals surface area contributed by atoms with Crippen LogP contribution in [0.4, 0.5) is 5.69 Å². The van der Waals surface area contributed by atoms with Crippen molar-refractivity contribution in [2.75, 3.05) is 5.32 Å². The van der Waals surface area contributed by atoms with Gasteiger partial charge in [-0.3, -0.25) is 0 Å². The topological polar surface area (TPSA) is 35.8 Å². The Morgan fingerprint density at radius 2 is 2.31 bits per heavy atom. The van der Waals surface area contributed by atoms with Crippen molar-refractivity contribution in [1.82, 2.24) is 0 Å². The zero-order valence-electron chi connectivity index (χ0n) is 9.33. The third kappa shape index (κ3) is 2.76. The van der Waals surface area contributed by atoms with E-state index in [-0.39, 0.29) is 0 Å². The largest absolute Gasteiger partial charge is 0.381 e. The number of rotatable bonds is 4. The summed E-state index contributed by atoms with van der Waals surface area (Å²) in [4.78, 5) is 0. The van der Waals surface area contributed by atoms with E-state index in [9.17, 15) is 0 Å². The van der Waals surface area contributed by atoms with Crippen LogP contribution >= 0.6 is 15.9 Å². The van der Waals surface area contributed by atoms with Crippen molar-refractivity contribution in [2.45, 2.75) is 32.2 Å². The van der Waals surface area contributed by atoms with Gasteiger partial charge in [0.15, 0.2) is 0 Å². The highest BCUT2D eigenvalue weighted by molar-refractivity contribution is 9.10. The smallest absolute Gasteiger partial charge is 0.103 e. The summed E-state index contributed by atoms with van der Waals surface area (Å²) in [6, 6.07) is 8.49. The highest BCUT2D eigenvalue weighted by Crippen LogP contribution is 2.34. The van der Waals surface area contributed by atoms with Crippen molar-refractivity contribution < 1.29 is 0 Å². The van der Waals surface area contributed by atoms with Crippen molar-refractivity contribution in [2.24, 2.45) is 5.92 Å². The molecule has 0 spiro atoms. The fourth-order valence-corrected chi connectivity index (χ4v) is 2.39. The number of anilines is 1. The lowest BCUT2D eigenvalue weighted by Gasteiger charge is -2.16. The van der Waals surface area contributed by atoms with E-state index in [0.717, 1.165) is 16.1 Å². The first-order chi connectivity index (χ1) is 7.70. The van der Waals surface area contributed by atoms with E-state index >= 15 is 0 Å². The summed E-state index contributed by atoms with van der Waals surface area (Å²) in [5.74, 6) is 0.903. The molecule has 0 amide bonds. The molecular weight excluding hydrogens is 264 g/mol. The van der Waals surface area contributed by atoms with E-state index in [2.05, 4.69) is 34.2 Å². The molecule has 1 atom stereocenters. The van der Waals surface area contributed by atoms with Crippen LogP contribution in [-0.2, 0) is 0 Å². The fraction of sp³-hybridized carbons (Fsp3) is 0.462. The highest BCUT2D eigenvalue weighted by Gasteiger charge is 2.23. The quantitative estimate of drug-likeness (QED) is 0.906.